The van der Waals surface area contributed by atoms with E-state index in [-0.39, 0.29) is 28.8 Å². The molecule has 0 spiro atoms. The zero-order chi connectivity index (χ0) is 23.4. The van der Waals surface area contributed by atoms with E-state index in [1.54, 1.807) is 36.4 Å². The Bertz CT molecular complexity index is 1300. The van der Waals surface area contributed by atoms with Gasteiger partial charge < -0.3 is 9.84 Å². The summed E-state index contributed by atoms with van der Waals surface area (Å²) in [5, 5.41) is 25.3. The molecule has 0 radical (unpaired) electrons. The van der Waals surface area contributed by atoms with E-state index in [0.29, 0.717) is 21.5 Å². The van der Waals surface area contributed by atoms with Gasteiger partial charge in [-0.25, -0.2) is 4.79 Å². The molecule has 0 fully saturated rings. The molecule has 10 nitrogen and oxygen atoms in total. The number of halogens is 2. The van der Waals surface area contributed by atoms with Gasteiger partial charge in [0.05, 0.1) is 16.3 Å². The second-order valence-corrected chi connectivity index (χ2v) is 7.52. The molecule has 0 bridgehead atoms. The molecule has 4 rings (SSSR count). The number of aromatic nitrogens is 4. The molecule has 0 aliphatic rings. The quantitative estimate of drug-likeness (QED) is 0.357. The SMILES string of the molecule is O=C(O)c1cc(OCC(=O)N(OCc2nn[nH]n2)c2ccccc2)c2c(Cl)cc(Cl)cc2c1. The summed E-state index contributed by atoms with van der Waals surface area (Å²) in [7, 11) is 0. The summed E-state index contributed by atoms with van der Waals surface area (Å²) >= 11 is 12.4. The number of carboxylic acids is 1. The summed E-state index contributed by atoms with van der Waals surface area (Å²) in [5.41, 5.74) is 0.403. The number of carbonyl (C=O) groups excluding carboxylic acids is 1. The second-order valence-electron chi connectivity index (χ2n) is 6.68. The molecule has 33 heavy (non-hydrogen) atoms. The molecule has 12 heteroatoms. The smallest absolute Gasteiger partial charge is 0.335 e. The maximum Gasteiger partial charge on any atom is 0.335 e. The third-order valence-electron chi connectivity index (χ3n) is 4.46. The van der Waals surface area contributed by atoms with Crippen LogP contribution in [0.25, 0.3) is 10.8 Å². The van der Waals surface area contributed by atoms with Gasteiger partial charge in [0.2, 0.25) is 5.82 Å². The first-order valence-corrected chi connectivity index (χ1v) is 10.2. The Morgan fingerprint density at radius 2 is 1.88 bits per heavy atom. The van der Waals surface area contributed by atoms with Crippen LogP contribution >= 0.6 is 23.2 Å². The summed E-state index contributed by atoms with van der Waals surface area (Å²) in [6, 6.07) is 14.4. The van der Waals surface area contributed by atoms with E-state index in [0.717, 1.165) is 5.06 Å². The molecule has 0 atom stereocenters. The number of tetrazole rings is 1. The van der Waals surface area contributed by atoms with Crippen LogP contribution in [0.4, 0.5) is 5.69 Å². The van der Waals surface area contributed by atoms with Gasteiger partial charge in [-0.2, -0.15) is 10.3 Å². The number of hydroxylamine groups is 1. The minimum Gasteiger partial charge on any atom is -0.483 e. The highest BCUT2D eigenvalue weighted by molar-refractivity contribution is 6.39. The van der Waals surface area contributed by atoms with E-state index >= 15 is 0 Å². The fraction of sp³-hybridized carbons (Fsp3) is 0.0952. The Balaban J connectivity index is 1.61. The average Bonchev–Trinajstić information content (AvgIpc) is 3.31. The zero-order valence-electron chi connectivity index (χ0n) is 16.7. The monoisotopic (exact) mass is 487 g/mol. The maximum absolute atomic E-state index is 13.0. The summed E-state index contributed by atoms with van der Waals surface area (Å²) in [5.74, 6) is -1.37. The van der Waals surface area contributed by atoms with Crippen molar-refractivity contribution in [2.75, 3.05) is 11.7 Å². The number of hydrogen-bond acceptors (Lipinski definition) is 7. The van der Waals surface area contributed by atoms with Crippen LogP contribution in [-0.2, 0) is 16.2 Å². The number of ether oxygens (including phenoxy) is 1. The largest absolute Gasteiger partial charge is 0.483 e. The number of aromatic carboxylic acids is 1. The number of amides is 1. The first-order chi connectivity index (χ1) is 15.9. The van der Waals surface area contributed by atoms with Gasteiger partial charge in [0, 0.05) is 10.4 Å². The third-order valence-corrected chi connectivity index (χ3v) is 4.97. The number of anilines is 1. The lowest BCUT2D eigenvalue weighted by atomic mass is 10.1. The number of benzene rings is 3. The Kier molecular flexibility index (Phi) is 6.68. The Morgan fingerprint density at radius 1 is 1.09 bits per heavy atom. The number of nitrogens with one attached hydrogen (secondary N) is 1. The lowest BCUT2D eigenvalue weighted by Gasteiger charge is -2.21. The molecule has 0 saturated carbocycles. The van der Waals surface area contributed by atoms with Crippen molar-refractivity contribution in [2.24, 2.45) is 0 Å². The summed E-state index contributed by atoms with van der Waals surface area (Å²) < 4.78 is 5.72. The van der Waals surface area contributed by atoms with Crippen LogP contribution in [0.5, 0.6) is 5.75 Å². The molecule has 0 saturated heterocycles. The van der Waals surface area contributed by atoms with E-state index in [2.05, 4.69) is 20.6 Å². The Hall–Kier alpha value is -3.73. The van der Waals surface area contributed by atoms with Crippen LogP contribution in [-0.4, -0.2) is 44.2 Å². The van der Waals surface area contributed by atoms with Crippen molar-refractivity contribution in [1.82, 2.24) is 20.6 Å². The van der Waals surface area contributed by atoms with E-state index < -0.39 is 18.5 Å². The van der Waals surface area contributed by atoms with Gasteiger partial charge in [-0.1, -0.05) is 46.6 Å². The Labute approximate surface area is 196 Å². The number of rotatable bonds is 8. The number of fused-ring (bicyclic) bond motifs is 1. The van der Waals surface area contributed by atoms with Gasteiger partial charge in [0.1, 0.15) is 12.4 Å². The standard InChI is InChI=1S/C21H15Cl2N5O5/c22-14-7-12-6-13(21(30)31)8-17(20(12)16(23)9-14)32-11-19(29)28(15-4-2-1-3-5-15)33-10-18-24-26-27-25-18/h1-9H,10-11H2,(H,30,31)(H,24,25,26,27). The van der Waals surface area contributed by atoms with Crippen LogP contribution in [0.2, 0.25) is 10.0 Å². The number of aromatic amines is 1. The molecule has 4 aromatic rings. The van der Waals surface area contributed by atoms with Gasteiger partial charge >= 0.3 is 5.97 Å². The first-order valence-electron chi connectivity index (χ1n) is 9.44. The summed E-state index contributed by atoms with van der Waals surface area (Å²) in [6.45, 7) is -0.600. The van der Waals surface area contributed by atoms with Gasteiger partial charge in [-0.3, -0.25) is 9.63 Å². The normalized spacial score (nSPS) is 10.8. The molecule has 1 heterocycles. The third kappa shape index (κ3) is 5.20. The van der Waals surface area contributed by atoms with Gasteiger partial charge in [0.25, 0.3) is 5.91 Å². The number of H-pyrrole nitrogens is 1. The van der Waals surface area contributed by atoms with E-state index in [9.17, 15) is 14.7 Å². The lowest BCUT2D eigenvalue weighted by molar-refractivity contribution is -0.128. The van der Waals surface area contributed by atoms with Crippen LogP contribution in [0.3, 0.4) is 0 Å². The van der Waals surface area contributed by atoms with Crippen molar-refractivity contribution in [3.05, 3.63) is 76.0 Å². The first kappa shape index (κ1) is 22.5. The molecule has 168 valence electrons. The molecule has 0 aliphatic heterocycles. The molecule has 2 N–H and O–H groups in total. The van der Waals surface area contributed by atoms with Crippen molar-refractivity contribution in [3.8, 4) is 5.75 Å². The van der Waals surface area contributed by atoms with Crippen LogP contribution in [0, 0.1) is 0 Å². The van der Waals surface area contributed by atoms with Crippen molar-refractivity contribution in [1.29, 1.82) is 0 Å². The topological polar surface area (TPSA) is 131 Å². The highest BCUT2D eigenvalue weighted by Gasteiger charge is 2.21. The van der Waals surface area contributed by atoms with Crippen molar-refractivity contribution < 1.29 is 24.3 Å². The molecular weight excluding hydrogens is 473 g/mol. The maximum atomic E-state index is 13.0. The fourth-order valence-corrected chi connectivity index (χ4v) is 3.65. The molecular formula is C21H15Cl2N5O5. The molecule has 0 unspecified atom stereocenters. The number of carbonyl (C=O) groups is 2. The predicted molar refractivity (Wildman–Crippen MR) is 119 cm³/mol. The molecule has 0 aliphatic carbocycles. The minimum atomic E-state index is -1.17. The summed E-state index contributed by atoms with van der Waals surface area (Å²) in [4.78, 5) is 30.2. The molecule has 1 aromatic heterocycles. The van der Waals surface area contributed by atoms with Gasteiger partial charge in [-0.05, 0) is 41.8 Å². The van der Waals surface area contributed by atoms with E-state index in [1.165, 1.54) is 18.2 Å². The van der Waals surface area contributed by atoms with Crippen LogP contribution in [0.15, 0.2) is 54.6 Å². The van der Waals surface area contributed by atoms with Gasteiger partial charge in [-0.15, -0.1) is 10.2 Å². The summed E-state index contributed by atoms with van der Waals surface area (Å²) in [6.07, 6.45) is 0. The van der Waals surface area contributed by atoms with Crippen LogP contribution in [0.1, 0.15) is 16.2 Å². The number of carboxylic acid groups (broad SMARTS) is 1. The van der Waals surface area contributed by atoms with E-state index in [1.807, 2.05) is 0 Å². The molecule has 3 aromatic carbocycles. The number of nitrogens with zero attached hydrogens (tertiary/aromatic N) is 4. The fourth-order valence-electron chi connectivity index (χ4n) is 3.05. The predicted octanol–water partition coefficient (Wildman–Crippen LogP) is 3.90. The highest BCUT2D eigenvalue weighted by Crippen LogP contribution is 2.36. The zero-order valence-corrected chi connectivity index (χ0v) is 18.2. The van der Waals surface area contributed by atoms with Crippen molar-refractivity contribution in [3.63, 3.8) is 0 Å². The van der Waals surface area contributed by atoms with Gasteiger partial charge in [0.15, 0.2) is 6.61 Å². The lowest BCUT2D eigenvalue weighted by Crippen LogP contribution is -2.35. The van der Waals surface area contributed by atoms with Crippen molar-refractivity contribution in [2.45, 2.75) is 6.61 Å². The second kappa shape index (κ2) is 9.82. The minimum absolute atomic E-state index is 0.0449. The number of hydrogen-bond donors (Lipinski definition) is 2. The van der Waals surface area contributed by atoms with Crippen molar-refractivity contribution >= 4 is 51.5 Å². The van der Waals surface area contributed by atoms with E-state index in [4.69, 9.17) is 32.8 Å². The average molecular weight is 488 g/mol. The van der Waals surface area contributed by atoms with Crippen LogP contribution < -0.4 is 9.80 Å². The Morgan fingerprint density at radius 3 is 2.58 bits per heavy atom. The number of para-hydroxylation sites is 1. The highest BCUT2D eigenvalue weighted by atomic mass is 35.5. The molecule has 1 amide bonds.